The van der Waals surface area contributed by atoms with E-state index in [0.29, 0.717) is 6.42 Å². The number of Topliss-reactive ketones (excluding diaryl/α,β-unsaturated/α-hetero) is 1. The predicted molar refractivity (Wildman–Crippen MR) is 77.1 cm³/mol. The van der Waals surface area contributed by atoms with Crippen molar-refractivity contribution in [3.63, 3.8) is 0 Å². The molecule has 0 radical (unpaired) electrons. The second kappa shape index (κ2) is 7.26. The molecular weight excluding hydrogens is 312 g/mol. The molecule has 2 nitrogen and oxygen atoms in total. The molecule has 0 heterocycles. The molecule has 0 atom stereocenters. The largest absolute Gasteiger partial charge is 0.461 e. The van der Waals surface area contributed by atoms with Crippen LogP contribution >= 0.6 is 0 Å². The Morgan fingerprint density at radius 3 is 2.26 bits per heavy atom. The molecule has 0 saturated carbocycles. The number of rotatable bonds is 7. The zero-order valence-electron chi connectivity index (χ0n) is 12.0. The van der Waals surface area contributed by atoms with E-state index >= 15 is 0 Å². The first-order valence-electron chi connectivity index (χ1n) is 6.91. The van der Waals surface area contributed by atoms with Crippen molar-refractivity contribution in [3.8, 4) is 5.75 Å². The summed E-state index contributed by atoms with van der Waals surface area (Å²) in [7, 11) is 0. The molecule has 0 amide bonds. The summed E-state index contributed by atoms with van der Waals surface area (Å²) in [6, 6.07) is 14.3. The minimum Gasteiger partial charge on any atom is -0.428 e. The van der Waals surface area contributed by atoms with Gasteiger partial charge in [0.1, 0.15) is 5.75 Å². The first kappa shape index (κ1) is 17.0. The van der Waals surface area contributed by atoms with Gasteiger partial charge in [0.05, 0.1) is 5.56 Å². The van der Waals surface area contributed by atoms with Crippen LogP contribution in [-0.4, -0.2) is 18.3 Å². The molecule has 6 heteroatoms. The summed E-state index contributed by atoms with van der Waals surface area (Å²) >= 11 is 0. The van der Waals surface area contributed by atoms with E-state index in [9.17, 15) is 22.4 Å². The third-order valence-corrected chi connectivity index (χ3v) is 3.17. The highest BCUT2D eigenvalue weighted by Gasteiger charge is 2.44. The van der Waals surface area contributed by atoms with Crippen LogP contribution < -0.4 is 4.74 Å². The van der Waals surface area contributed by atoms with E-state index in [1.54, 1.807) is 0 Å². The highest BCUT2D eigenvalue weighted by Crippen LogP contribution is 2.30. The molecule has 0 fully saturated rings. The summed E-state index contributed by atoms with van der Waals surface area (Å²) in [5, 5.41) is 0. The monoisotopic (exact) mass is 326 g/mol. The SMILES string of the molecule is O=C(CCc1ccccc1)c1ccccc1OC(F)(F)C(F)F. The molecule has 23 heavy (non-hydrogen) atoms. The summed E-state index contributed by atoms with van der Waals surface area (Å²) in [4.78, 5) is 12.2. The third-order valence-electron chi connectivity index (χ3n) is 3.17. The molecule has 0 aliphatic heterocycles. The van der Waals surface area contributed by atoms with Crippen LogP contribution in [0.4, 0.5) is 17.6 Å². The number of aryl methyl sites for hydroxylation is 1. The van der Waals surface area contributed by atoms with Gasteiger partial charge in [-0.2, -0.15) is 17.6 Å². The van der Waals surface area contributed by atoms with E-state index in [1.165, 1.54) is 18.2 Å². The lowest BCUT2D eigenvalue weighted by Crippen LogP contribution is -2.34. The fourth-order valence-corrected chi connectivity index (χ4v) is 2.01. The molecule has 0 aliphatic rings. The van der Waals surface area contributed by atoms with Gasteiger partial charge in [0.2, 0.25) is 0 Å². The van der Waals surface area contributed by atoms with Gasteiger partial charge in [-0.25, -0.2) is 0 Å². The summed E-state index contributed by atoms with van der Waals surface area (Å²) in [6.45, 7) is 0. The van der Waals surface area contributed by atoms with Crippen LogP contribution in [0.3, 0.4) is 0 Å². The van der Waals surface area contributed by atoms with Gasteiger partial charge in [-0.05, 0) is 24.1 Å². The molecular formula is C17H14F4O2. The maximum atomic E-state index is 13.0. The van der Waals surface area contributed by atoms with Crippen LogP contribution in [0, 0.1) is 0 Å². The fourth-order valence-electron chi connectivity index (χ4n) is 2.01. The van der Waals surface area contributed by atoms with E-state index < -0.39 is 24.1 Å². The Kier molecular flexibility index (Phi) is 5.36. The Hall–Kier alpha value is -2.37. The second-order valence-electron chi connectivity index (χ2n) is 4.87. The van der Waals surface area contributed by atoms with Gasteiger partial charge >= 0.3 is 12.5 Å². The molecule has 0 aliphatic carbocycles. The lowest BCUT2D eigenvalue weighted by molar-refractivity contribution is -0.253. The fraction of sp³-hybridized carbons (Fsp3) is 0.235. The lowest BCUT2D eigenvalue weighted by atomic mass is 10.0. The van der Waals surface area contributed by atoms with Crippen molar-refractivity contribution in [1.29, 1.82) is 0 Å². The van der Waals surface area contributed by atoms with Crippen LogP contribution in [0.25, 0.3) is 0 Å². The highest BCUT2D eigenvalue weighted by atomic mass is 19.3. The van der Waals surface area contributed by atoms with Crippen LogP contribution in [-0.2, 0) is 6.42 Å². The van der Waals surface area contributed by atoms with Crippen molar-refractivity contribution in [2.24, 2.45) is 0 Å². The summed E-state index contributed by atoms with van der Waals surface area (Å²) in [5.74, 6) is -0.995. The van der Waals surface area contributed by atoms with E-state index in [0.717, 1.165) is 11.6 Å². The van der Waals surface area contributed by atoms with E-state index in [4.69, 9.17) is 0 Å². The van der Waals surface area contributed by atoms with Gasteiger partial charge in [-0.3, -0.25) is 4.79 Å². The molecule has 122 valence electrons. The van der Waals surface area contributed by atoms with Gasteiger partial charge in [-0.15, -0.1) is 0 Å². The number of benzene rings is 2. The van der Waals surface area contributed by atoms with Crippen LogP contribution in [0.1, 0.15) is 22.3 Å². The van der Waals surface area contributed by atoms with Crippen molar-refractivity contribution in [2.75, 3.05) is 0 Å². The van der Waals surface area contributed by atoms with Crippen molar-refractivity contribution in [1.82, 2.24) is 0 Å². The molecule has 0 N–H and O–H groups in total. The molecule has 2 rings (SSSR count). The van der Waals surface area contributed by atoms with Gasteiger partial charge in [0.25, 0.3) is 0 Å². The van der Waals surface area contributed by atoms with Gasteiger partial charge in [-0.1, -0.05) is 42.5 Å². The van der Waals surface area contributed by atoms with E-state index in [-0.39, 0.29) is 12.0 Å². The second-order valence-corrected chi connectivity index (χ2v) is 4.87. The number of alkyl halides is 4. The smallest absolute Gasteiger partial charge is 0.428 e. The Morgan fingerprint density at radius 1 is 1.00 bits per heavy atom. The summed E-state index contributed by atoms with van der Waals surface area (Å²) in [6.07, 6.45) is -8.14. The van der Waals surface area contributed by atoms with Crippen LogP contribution in [0.15, 0.2) is 54.6 Å². The normalized spacial score (nSPS) is 11.5. The molecule has 0 spiro atoms. The number of ketones is 1. The van der Waals surface area contributed by atoms with Gasteiger partial charge < -0.3 is 4.74 Å². The van der Waals surface area contributed by atoms with Crippen molar-refractivity contribution in [2.45, 2.75) is 25.4 Å². The Balaban J connectivity index is 2.11. The zero-order chi connectivity index (χ0) is 16.9. The topological polar surface area (TPSA) is 26.3 Å². The number of ether oxygens (including phenoxy) is 1. The molecule has 0 bridgehead atoms. The zero-order valence-corrected chi connectivity index (χ0v) is 12.0. The van der Waals surface area contributed by atoms with E-state index in [1.807, 2.05) is 30.3 Å². The number of halogens is 4. The first-order valence-corrected chi connectivity index (χ1v) is 6.91. The van der Waals surface area contributed by atoms with Crippen molar-refractivity contribution < 1.29 is 27.1 Å². The number of carbonyl (C=O) groups is 1. The first-order chi connectivity index (χ1) is 10.9. The summed E-state index contributed by atoms with van der Waals surface area (Å²) in [5.41, 5.74) is 0.779. The Bertz CT molecular complexity index is 657. The maximum Gasteiger partial charge on any atom is 0.461 e. The third kappa shape index (κ3) is 4.55. The Labute approximate surface area is 130 Å². The lowest BCUT2D eigenvalue weighted by Gasteiger charge is -2.18. The van der Waals surface area contributed by atoms with Crippen molar-refractivity contribution in [3.05, 3.63) is 65.7 Å². The molecule has 0 unspecified atom stereocenters. The minimum absolute atomic E-state index is 0.0602. The number of hydrogen-bond donors (Lipinski definition) is 0. The van der Waals surface area contributed by atoms with Gasteiger partial charge in [0, 0.05) is 6.42 Å². The minimum atomic E-state index is -4.64. The highest BCUT2D eigenvalue weighted by molar-refractivity contribution is 5.98. The number of hydrogen-bond acceptors (Lipinski definition) is 2. The standard InChI is InChI=1S/C17H14F4O2/c18-16(19)17(20,21)23-15-9-5-4-8-13(15)14(22)11-10-12-6-2-1-3-7-12/h1-9,16H,10-11H2. The van der Waals surface area contributed by atoms with Crippen LogP contribution in [0.5, 0.6) is 5.75 Å². The maximum absolute atomic E-state index is 13.0. The average molecular weight is 326 g/mol. The summed E-state index contributed by atoms with van der Waals surface area (Å²) < 4.78 is 54.6. The predicted octanol–water partition coefficient (Wildman–Crippen LogP) is 4.74. The van der Waals surface area contributed by atoms with Crippen LogP contribution in [0.2, 0.25) is 0 Å². The number of carbonyl (C=O) groups excluding carboxylic acids is 1. The van der Waals surface area contributed by atoms with E-state index in [2.05, 4.69) is 4.74 Å². The van der Waals surface area contributed by atoms with Gasteiger partial charge in [0.15, 0.2) is 5.78 Å². The molecule has 0 saturated heterocycles. The average Bonchev–Trinajstić information content (AvgIpc) is 2.53. The Morgan fingerprint density at radius 2 is 1.61 bits per heavy atom. The molecule has 2 aromatic rings. The quantitative estimate of drug-likeness (QED) is 0.543. The molecule has 2 aromatic carbocycles. The molecule has 0 aromatic heterocycles. The van der Waals surface area contributed by atoms with Crippen molar-refractivity contribution >= 4 is 5.78 Å². The number of para-hydroxylation sites is 1.